The highest BCUT2D eigenvalue weighted by molar-refractivity contribution is 5.69. The minimum atomic E-state index is -0.164. The zero-order chi connectivity index (χ0) is 15.1. The van der Waals surface area contributed by atoms with E-state index in [2.05, 4.69) is 0 Å². The molecule has 2 rings (SSSR count). The van der Waals surface area contributed by atoms with Crippen molar-refractivity contribution in [2.75, 3.05) is 19.8 Å². The van der Waals surface area contributed by atoms with Gasteiger partial charge in [-0.25, -0.2) is 0 Å². The molecule has 0 aliphatic carbocycles. The lowest BCUT2D eigenvalue weighted by Gasteiger charge is -2.14. The average Bonchev–Trinajstić information content (AvgIpc) is 2.71. The Labute approximate surface area is 125 Å². The Morgan fingerprint density at radius 3 is 2.86 bits per heavy atom. The van der Waals surface area contributed by atoms with Crippen molar-refractivity contribution >= 4 is 5.97 Å². The Hall–Kier alpha value is -1.75. The molecule has 0 amide bonds. The normalized spacial score (nSPS) is 15.1. The SMILES string of the molecule is CCOC(=O)CCCC(N)c1ccc2c(c1)OCCCO2. The predicted molar refractivity (Wildman–Crippen MR) is 79.5 cm³/mol. The molecule has 1 atom stereocenters. The molecular formula is C16H23NO4. The summed E-state index contributed by atoms with van der Waals surface area (Å²) in [5.74, 6) is 1.36. The number of benzene rings is 1. The number of rotatable bonds is 6. The predicted octanol–water partition coefficient (Wildman–Crippen LogP) is 2.58. The third-order valence-electron chi connectivity index (χ3n) is 3.40. The highest BCUT2D eigenvalue weighted by atomic mass is 16.5. The first kappa shape index (κ1) is 15.6. The van der Waals surface area contributed by atoms with E-state index in [1.807, 2.05) is 18.2 Å². The molecule has 0 radical (unpaired) electrons. The fourth-order valence-electron chi connectivity index (χ4n) is 2.28. The summed E-state index contributed by atoms with van der Waals surface area (Å²) in [6.45, 7) is 3.57. The molecule has 0 saturated carbocycles. The fourth-order valence-corrected chi connectivity index (χ4v) is 2.28. The van der Waals surface area contributed by atoms with Gasteiger partial charge in [-0.1, -0.05) is 6.07 Å². The first-order chi connectivity index (χ1) is 10.2. The molecule has 1 heterocycles. The first-order valence-corrected chi connectivity index (χ1v) is 7.51. The average molecular weight is 293 g/mol. The summed E-state index contributed by atoms with van der Waals surface area (Å²) in [4.78, 5) is 11.3. The van der Waals surface area contributed by atoms with Crippen molar-refractivity contribution in [2.24, 2.45) is 5.73 Å². The van der Waals surface area contributed by atoms with Gasteiger partial charge in [-0.3, -0.25) is 4.79 Å². The largest absolute Gasteiger partial charge is 0.490 e. The number of esters is 1. The zero-order valence-corrected chi connectivity index (χ0v) is 12.5. The summed E-state index contributed by atoms with van der Waals surface area (Å²) in [6.07, 6.45) is 2.74. The minimum absolute atomic E-state index is 0.114. The monoisotopic (exact) mass is 293 g/mol. The van der Waals surface area contributed by atoms with Crippen LogP contribution in [-0.4, -0.2) is 25.8 Å². The van der Waals surface area contributed by atoms with Gasteiger partial charge in [-0.15, -0.1) is 0 Å². The second kappa shape index (κ2) is 7.88. The molecule has 1 aliphatic rings. The summed E-state index contributed by atoms with van der Waals surface area (Å²) >= 11 is 0. The van der Waals surface area contributed by atoms with Crippen molar-refractivity contribution in [1.82, 2.24) is 0 Å². The lowest BCUT2D eigenvalue weighted by Crippen LogP contribution is -2.12. The van der Waals surface area contributed by atoms with E-state index in [4.69, 9.17) is 19.9 Å². The van der Waals surface area contributed by atoms with Crippen molar-refractivity contribution in [3.05, 3.63) is 23.8 Å². The quantitative estimate of drug-likeness (QED) is 0.816. The van der Waals surface area contributed by atoms with E-state index in [0.717, 1.165) is 29.9 Å². The molecule has 5 nitrogen and oxygen atoms in total. The van der Waals surface area contributed by atoms with Crippen molar-refractivity contribution < 1.29 is 19.0 Å². The van der Waals surface area contributed by atoms with Gasteiger partial charge in [0.1, 0.15) is 0 Å². The molecule has 1 aliphatic heterocycles. The molecule has 1 aromatic carbocycles. The minimum Gasteiger partial charge on any atom is -0.490 e. The molecule has 0 spiro atoms. The van der Waals surface area contributed by atoms with Crippen LogP contribution in [0.2, 0.25) is 0 Å². The summed E-state index contributed by atoms with van der Waals surface area (Å²) in [6, 6.07) is 5.69. The maximum Gasteiger partial charge on any atom is 0.305 e. The molecule has 0 saturated heterocycles. The summed E-state index contributed by atoms with van der Waals surface area (Å²) < 4.78 is 16.2. The van der Waals surface area contributed by atoms with Crippen LogP contribution in [0.4, 0.5) is 0 Å². The van der Waals surface area contributed by atoms with E-state index in [-0.39, 0.29) is 12.0 Å². The Bertz CT molecular complexity index is 475. The molecule has 0 aromatic heterocycles. The molecule has 2 N–H and O–H groups in total. The number of hydrogen-bond acceptors (Lipinski definition) is 5. The molecule has 1 unspecified atom stereocenters. The summed E-state index contributed by atoms with van der Waals surface area (Å²) in [5, 5.41) is 0. The molecule has 116 valence electrons. The Balaban J connectivity index is 1.89. The van der Waals surface area contributed by atoms with E-state index in [1.165, 1.54) is 0 Å². The van der Waals surface area contributed by atoms with Gasteiger partial charge in [-0.05, 0) is 37.5 Å². The second-order valence-electron chi connectivity index (χ2n) is 5.06. The van der Waals surface area contributed by atoms with Crippen LogP contribution >= 0.6 is 0 Å². The Morgan fingerprint density at radius 1 is 1.33 bits per heavy atom. The molecule has 1 aromatic rings. The number of carbonyl (C=O) groups is 1. The standard InChI is InChI=1S/C16H23NO4/c1-2-19-16(18)6-3-5-13(17)12-7-8-14-15(11-12)21-10-4-9-20-14/h7-8,11,13H,2-6,9-10,17H2,1H3. The smallest absolute Gasteiger partial charge is 0.305 e. The molecule has 0 bridgehead atoms. The zero-order valence-electron chi connectivity index (χ0n) is 12.5. The van der Waals surface area contributed by atoms with Gasteiger partial charge in [0.05, 0.1) is 19.8 Å². The van der Waals surface area contributed by atoms with Crippen LogP contribution in [0, 0.1) is 0 Å². The second-order valence-corrected chi connectivity index (χ2v) is 5.06. The third kappa shape index (κ3) is 4.63. The van der Waals surface area contributed by atoms with Crippen LogP contribution in [0.3, 0.4) is 0 Å². The van der Waals surface area contributed by atoms with E-state index >= 15 is 0 Å². The topological polar surface area (TPSA) is 70.8 Å². The van der Waals surface area contributed by atoms with Crippen LogP contribution in [0.1, 0.15) is 44.2 Å². The third-order valence-corrected chi connectivity index (χ3v) is 3.40. The van der Waals surface area contributed by atoms with Gasteiger partial charge in [0.25, 0.3) is 0 Å². The lowest BCUT2D eigenvalue weighted by atomic mass is 10.0. The van der Waals surface area contributed by atoms with E-state index in [0.29, 0.717) is 32.7 Å². The number of carbonyl (C=O) groups excluding carboxylic acids is 1. The Kier molecular flexibility index (Phi) is 5.87. The number of fused-ring (bicyclic) bond motifs is 1. The van der Waals surface area contributed by atoms with Gasteiger partial charge in [0.2, 0.25) is 0 Å². The maximum atomic E-state index is 11.3. The van der Waals surface area contributed by atoms with Gasteiger partial charge >= 0.3 is 5.97 Å². The van der Waals surface area contributed by atoms with Crippen molar-refractivity contribution in [2.45, 2.75) is 38.6 Å². The fraction of sp³-hybridized carbons (Fsp3) is 0.562. The summed E-state index contributed by atoms with van der Waals surface area (Å²) in [5.41, 5.74) is 7.18. The number of hydrogen-bond donors (Lipinski definition) is 1. The van der Waals surface area contributed by atoms with Crippen LogP contribution in [-0.2, 0) is 9.53 Å². The molecule has 21 heavy (non-hydrogen) atoms. The van der Waals surface area contributed by atoms with Crippen LogP contribution in [0.25, 0.3) is 0 Å². The highest BCUT2D eigenvalue weighted by Crippen LogP contribution is 2.32. The molecule has 0 fully saturated rings. The molecular weight excluding hydrogens is 270 g/mol. The van der Waals surface area contributed by atoms with Crippen molar-refractivity contribution in [3.8, 4) is 11.5 Å². The van der Waals surface area contributed by atoms with Crippen LogP contribution in [0.15, 0.2) is 18.2 Å². The van der Waals surface area contributed by atoms with E-state index < -0.39 is 0 Å². The highest BCUT2D eigenvalue weighted by Gasteiger charge is 2.14. The van der Waals surface area contributed by atoms with Crippen LogP contribution in [0.5, 0.6) is 11.5 Å². The van der Waals surface area contributed by atoms with Crippen LogP contribution < -0.4 is 15.2 Å². The lowest BCUT2D eigenvalue weighted by molar-refractivity contribution is -0.143. The number of nitrogens with two attached hydrogens (primary N) is 1. The van der Waals surface area contributed by atoms with Gasteiger partial charge in [-0.2, -0.15) is 0 Å². The maximum absolute atomic E-state index is 11.3. The summed E-state index contributed by atoms with van der Waals surface area (Å²) in [7, 11) is 0. The number of ether oxygens (including phenoxy) is 3. The van der Waals surface area contributed by atoms with Crippen molar-refractivity contribution in [3.63, 3.8) is 0 Å². The Morgan fingerprint density at radius 2 is 2.10 bits per heavy atom. The van der Waals surface area contributed by atoms with E-state index in [9.17, 15) is 4.79 Å². The van der Waals surface area contributed by atoms with Gasteiger partial charge in [0, 0.05) is 18.9 Å². The molecule has 5 heteroatoms. The van der Waals surface area contributed by atoms with Crippen molar-refractivity contribution in [1.29, 1.82) is 0 Å². The first-order valence-electron chi connectivity index (χ1n) is 7.51. The van der Waals surface area contributed by atoms with Gasteiger partial charge in [0.15, 0.2) is 11.5 Å². The van der Waals surface area contributed by atoms with E-state index in [1.54, 1.807) is 6.92 Å². The van der Waals surface area contributed by atoms with Gasteiger partial charge < -0.3 is 19.9 Å².